The second kappa shape index (κ2) is 7.01. The van der Waals surface area contributed by atoms with Gasteiger partial charge in [-0.3, -0.25) is 4.79 Å². The van der Waals surface area contributed by atoms with E-state index < -0.39 is 0 Å². The van der Waals surface area contributed by atoms with Crippen molar-refractivity contribution in [1.29, 1.82) is 0 Å². The number of hydrogen-bond donors (Lipinski definition) is 0. The number of thioether (sulfide) groups is 1. The molecule has 2 aromatic carbocycles. The van der Waals surface area contributed by atoms with E-state index in [-0.39, 0.29) is 5.91 Å². The molecule has 0 saturated carbocycles. The van der Waals surface area contributed by atoms with Crippen molar-refractivity contribution in [2.75, 3.05) is 17.2 Å². The van der Waals surface area contributed by atoms with Gasteiger partial charge in [0.2, 0.25) is 11.1 Å². The number of para-hydroxylation sites is 1. The van der Waals surface area contributed by atoms with Gasteiger partial charge < -0.3 is 4.90 Å². The molecule has 0 bridgehead atoms. The van der Waals surface area contributed by atoms with Crippen molar-refractivity contribution in [2.24, 2.45) is 0 Å². The Labute approximate surface area is 158 Å². The molecule has 3 aromatic rings. The van der Waals surface area contributed by atoms with Gasteiger partial charge in [0.15, 0.2) is 0 Å². The van der Waals surface area contributed by atoms with Crippen molar-refractivity contribution in [3.8, 4) is 5.69 Å². The van der Waals surface area contributed by atoms with Crippen molar-refractivity contribution in [2.45, 2.75) is 11.6 Å². The summed E-state index contributed by atoms with van der Waals surface area (Å²) in [6.45, 7) is 0.733. The van der Waals surface area contributed by atoms with Crippen LogP contribution in [0.5, 0.6) is 0 Å². The summed E-state index contributed by atoms with van der Waals surface area (Å²) >= 11 is 4.84. The summed E-state index contributed by atoms with van der Waals surface area (Å²) in [6, 6.07) is 15.9. The lowest BCUT2D eigenvalue weighted by atomic mass is 10.2. The van der Waals surface area contributed by atoms with Crippen LogP contribution in [0.1, 0.15) is 5.56 Å². The first-order valence-corrected chi connectivity index (χ1v) is 9.67. The lowest BCUT2D eigenvalue weighted by molar-refractivity contribution is -0.116. The van der Waals surface area contributed by atoms with Gasteiger partial charge >= 0.3 is 0 Å². The fourth-order valence-corrected chi connectivity index (χ4v) is 3.94. The number of hydrogen-bond acceptors (Lipinski definition) is 4. The molecule has 0 atom stereocenters. The van der Waals surface area contributed by atoms with Crippen molar-refractivity contribution in [3.05, 3.63) is 64.9 Å². The summed E-state index contributed by atoms with van der Waals surface area (Å²) in [6.07, 6.45) is 2.57. The molecule has 25 heavy (non-hydrogen) atoms. The molecule has 1 aliphatic rings. The number of anilines is 1. The maximum absolute atomic E-state index is 12.6. The highest BCUT2D eigenvalue weighted by Crippen LogP contribution is 2.31. The van der Waals surface area contributed by atoms with Gasteiger partial charge in [-0.1, -0.05) is 45.9 Å². The summed E-state index contributed by atoms with van der Waals surface area (Å²) < 4.78 is 2.76. The third kappa shape index (κ3) is 3.48. The van der Waals surface area contributed by atoms with Crippen LogP contribution < -0.4 is 4.90 Å². The molecule has 0 saturated heterocycles. The second-order valence-corrected chi connectivity index (χ2v) is 7.52. The Balaban J connectivity index is 1.41. The molecule has 2 heterocycles. The van der Waals surface area contributed by atoms with E-state index in [9.17, 15) is 4.79 Å². The lowest BCUT2D eigenvalue weighted by Gasteiger charge is -2.16. The fraction of sp³-hybridized carbons (Fsp3) is 0.167. The van der Waals surface area contributed by atoms with E-state index in [1.54, 1.807) is 11.0 Å². The highest BCUT2D eigenvalue weighted by Gasteiger charge is 2.24. The molecule has 1 aromatic heterocycles. The van der Waals surface area contributed by atoms with Crippen molar-refractivity contribution in [3.63, 3.8) is 0 Å². The Morgan fingerprint density at radius 2 is 2.04 bits per heavy atom. The van der Waals surface area contributed by atoms with Crippen LogP contribution in [0.4, 0.5) is 5.69 Å². The van der Waals surface area contributed by atoms with E-state index in [1.165, 1.54) is 17.3 Å². The first-order valence-electron chi connectivity index (χ1n) is 7.89. The zero-order valence-corrected chi connectivity index (χ0v) is 15.7. The van der Waals surface area contributed by atoms with Gasteiger partial charge in [0, 0.05) is 16.7 Å². The maximum Gasteiger partial charge on any atom is 0.237 e. The number of amides is 1. The molecule has 0 spiro atoms. The van der Waals surface area contributed by atoms with Crippen LogP contribution in [0, 0.1) is 0 Å². The predicted molar refractivity (Wildman–Crippen MR) is 102 cm³/mol. The van der Waals surface area contributed by atoms with E-state index in [0.717, 1.165) is 28.8 Å². The van der Waals surface area contributed by atoms with Gasteiger partial charge in [0.25, 0.3) is 0 Å². The highest BCUT2D eigenvalue weighted by molar-refractivity contribution is 9.10. The molecule has 126 valence electrons. The molecule has 0 radical (unpaired) electrons. The molecule has 5 nitrogen and oxygen atoms in total. The third-order valence-electron chi connectivity index (χ3n) is 4.05. The van der Waals surface area contributed by atoms with Crippen LogP contribution in [0.25, 0.3) is 5.69 Å². The SMILES string of the molecule is O=C(CSc1ncn(-c2ccccc2)n1)N1CCc2cc(Br)ccc21. The van der Waals surface area contributed by atoms with E-state index in [0.29, 0.717) is 10.9 Å². The number of benzene rings is 2. The number of aromatic nitrogens is 3. The molecule has 0 aliphatic carbocycles. The van der Waals surface area contributed by atoms with Crippen LogP contribution in [0.15, 0.2) is 64.5 Å². The minimum Gasteiger partial charge on any atom is -0.311 e. The number of halogens is 1. The zero-order valence-electron chi connectivity index (χ0n) is 13.3. The normalized spacial score (nSPS) is 13.1. The van der Waals surface area contributed by atoms with E-state index in [1.807, 2.05) is 47.4 Å². The van der Waals surface area contributed by atoms with Crippen LogP contribution >= 0.6 is 27.7 Å². The first kappa shape index (κ1) is 16.4. The Morgan fingerprint density at radius 1 is 1.20 bits per heavy atom. The van der Waals surface area contributed by atoms with Gasteiger partial charge in [-0.05, 0) is 42.3 Å². The number of rotatable bonds is 4. The highest BCUT2D eigenvalue weighted by atomic mass is 79.9. The monoisotopic (exact) mass is 414 g/mol. The summed E-state index contributed by atoms with van der Waals surface area (Å²) in [5.74, 6) is 0.413. The van der Waals surface area contributed by atoms with Gasteiger partial charge in [-0.15, -0.1) is 5.10 Å². The quantitative estimate of drug-likeness (QED) is 0.610. The van der Waals surface area contributed by atoms with Gasteiger partial charge in [-0.25, -0.2) is 9.67 Å². The minimum absolute atomic E-state index is 0.0853. The molecule has 0 unspecified atom stereocenters. The van der Waals surface area contributed by atoms with Gasteiger partial charge in [0.05, 0.1) is 11.4 Å². The van der Waals surface area contributed by atoms with Gasteiger partial charge in [-0.2, -0.15) is 0 Å². The number of fused-ring (bicyclic) bond motifs is 1. The average molecular weight is 415 g/mol. The lowest BCUT2D eigenvalue weighted by Crippen LogP contribution is -2.30. The summed E-state index contributed by atoms with van der Waals surface area (Å²) in [5, 5.41) is 5.03. The fourth-order valence-electron chi connectivity index (χ4n) is 2.85. The topological polar surface area (TPSA) is 51.0 Å². The smallest absolute Gasteiger partial charge is 0.237 e. The molecule has 1 aliphatic heterocycles. The second-order valence-electron chi connectivity index (χ2n) is 5.66. The average Bonchev–Trinajstić information content (AvgIpc) is 3.27. The van der Waals surface area contributed by atoms with Crippen LogP contribution in [0.3, 0.4) is 0 Å². The van der Waals surface area contributed by atoms with Crippen molar-refractivity contribution >= 4 is 39.3 Å². The zero-order chi connectivity index (χ0) is 17.2. The number of carbonyl (C=O) groups excluding carboxylic acids is 1. The molecule has 1 amide bonds. The number of nitrogens with zero attached hydrogens (tertiary/aromatic N) is 4. The molecule has 0 fully saturated rings. The Bertz CT molecular complexity index is 912. The van der Waals surface area contributed by atoms with Gasteiger partial charge in [0.1, 0.15) is 6.33 Å². The Morgan fingerprint density at radius 3 is 2.88 bits per heavy atom. The molecular weight excluding hydrogens is 400 g/mol. The first-order chi connectivity index (χ1) is 12.2. The van der Waals surface area contributed by atoms with Crippen molar-refractivity contribution in [1.82, 2.24) is 14.8 Å². The summed E-state index contributed by atoms with van der Waals surface area (Å²) in [4.78, 5) is 18.7. The third-order valence-corrected chi connectivity index (χ3v) is 5.38. The standard InChI is InChI=1S/C18H15BrN4OS/c19-14-6-7-16-13(10-14)8-9-22(16)17(24)11-25-18-20-12-23(21-18)15-4-2-1-3-5-15/h1-7,10,12H,8-9,11H2. The van der Waals surface area contributed by atoms with Crippen LogP contribution in [-0.2, 0) is 11.2 Å². The summed E-state index contributed by atoms with van der Waals surface area (Å²) in [5.41, 5.74) is 3.17. The van der Waals surface area contributed by atoms with Crippen LogP contribution in [-0.4, -0.2) is 33.0 Å². The summed E-state index contributed by atoms with van der Waals surface area (Å²) in [7, 11) is 0. The molecule has 0 N–H and O–H groups in total. The predicted octanol–water partition coefficient (Wildman–Crippen LogP) is 3.71. The Kier molecular flexibility index (Phi) is 4.59. The van der Waals surface area contributed by atoms with E-state index >= 15 is 0 Å². The number of carbonyl (C=O) groups is 1. The Hall–Kier alpha value is -2.12. The molecule has 7 heteroatoms. The van der Waals surface area contributed by atoms with E-state index in [4.69, 9.17) is 0 Å². The van der Waals surface area contributed by atoms with Crippen molar-refractivity contribution < 1.29 is 4.79 Å². The van der Waals surface area contributed by atoms with E-state index in [2.05, 4.69) is 32.1 Å². The minimum atomic E-state index is 0.0853. The molecule has 4 rings (SSSR count). The van der Waals surface area contributed by atoms with Crippen LogP contribution in [0.2, 0.25) is 0 Å². The maximum atomic E-state index is 12.6. The largest absolute Gasteiger partial charge is 0.311 e. The molecular formula is C18H15BrN4OS.